The Kier molecular flexibility index (Phi) is 7.51. The fourth-order valence-corrected chi connectivity index (χ4v) is 1.96. The van der Waals surface area contributed by atoms with E-state index in [1.807, 2.05) is 13.8 Å². The number of anilines is 1. The van der Waals surface area contributed by atoms with Crippen molar-refractivity contribution in [3.05, 3.63) is 28.8 Å². The van der Waals surface area contributed by atoms with Crippen molar-refractivity contribution in [3.63, 3.8) is 0 Å². The number of nitrogens with one attached hydrogen (secondary N) is 2. The van der Waals surface area contributed by atoms with Gasteiger partial charge in [-0.25, -0.2) is 4.79 Å². The van der Waals surface area contributed by atoms with Gasteiger partial charge in [0.2, 0.25) is 11.8 Å². The molecule has 0 aromatic heterocycles. The molecule has 0 heterocycles. The van der Waals surface area contributed by atoms with Crippen LogP contribution < -0.4 is 16.4 Å². The Morgan fingerprint density at radius 1 is 1.29 bits per heavy atom. The molecule has 0 aliphatic carbocycles. The molecule has 0 aliphatic rings. The number of aryl methyl sites for hydroxylation is 1. The zero-order valence-corrected chi connectivity index (χ0v) is 14.6. The van der Waals surface area contributed by atoms with E-state index in [0.29, 0.717) is 10.7 Å². The van der Waals surface area contributed by atoms with Crippen LogP contribution in [0.4, 0.5) is 10.5 Å². The maximum absolute atomic E-state index is 12.4. The third-order valence-corrected chi connectivity index (χ3v) is 3.25. The monoisotopic (exact) mass is 355 g/mol. The normalized spacial score (nSPS) is 11.7. The Hall–Kier alpha value is -2.28. The van der Waals surface area contributed by atoms with Crippen molar-refractivity contribution in [2.45, 2.75) is 33.2 Å². The van der Waals surface area contributed by atoms with Crippen molar-refractivity contribution in [2.24, 2.45) is 11.7 Å². The minimum atomic E-state index is -1.14. The summed E-state index contributed by atoms with van der Waals surface area (Å²) in [5, 5.41) is 5.43. The zero-order chi connectivity index (χ0) is 18.3. The van der Waals surface area contributed by atoms with Crippen molar-refractivity contribution in [1.29, 1.82) is 0 Å². The van der Waals surface area contributed by atoms with Crippen molar-refractivity contribution in [2.75, 3.05) is 11.9 Å². The van der Waals surface area contributed by atoms with Crippen LogP contribution in [0.3, 0.4) is 0 Å². The first-order chi connectivity index (χ1) is 11.2. The Morgan fingerprint density at radius 2 is 1.96 bits per heavy atom. The van der Waals surface area contributed by atoms with Gasteiger partial charge in [-0.15, -0.1) is 0 Å². The van der Waals surface area contributed by atoms with Gasteiger partial charge >= 0.3 is 6.09 Å². The Labute approximate surface area is 145 Å². The lowest BCUT2D eigenvalue weighted by Gasteiger charge is -2.18. The molecule has 0 spiro atoms. The molecule has 0 saturated carbocycles. The van der Waals surface area contributed by atoms with Gasteiger partial charge in [-0.3, -0.25) is 9.59 Å². The van der Waals surface area contributed by atoms with Crippen molar-refractivity contribution < 1.29 is 19.1 Å². The predicted octanol–water partition coefficient (Wildman–Crippen LogP) is 2.21. The highest BCUT2D eigenvalue weighted by Crippen LogP contribution is 2.20. The van der Waals surface area contributed by atoms with E-state index in [9.17, 15) is 14.4 Å². The summed E-state index contributed by atoms with van der Waals surface area (Å²) in [7, 11) is 0. The summed E-state index contributed by atoms with van der Waals surface area (Å²) < 4.78 is 4.96. The van der Waals surface area contributed by atoms with E-state index < -0.39 is 23.9 Å². The second-order valence-corrected chi connectivity index (χ2v) is 6.24. The van der Waals surface area contributed by atoms with E-state index in [1.165, 1.54) is 0 Å². The molecule has 8 heteroatoms. The first kappa shape index (κ1) is 19.8. The minimum absolute atomic E-state index is 0.147. The summed E-state index contributed by atoms with van der Waals surface area (Å²) in [4.78, 5) is 35.2. The number of primary amides is 1. The number of carbonyl (C=O) groups is 3. The molecule has 0 fully saturated rings. The lowest BCUT2D eigenvalue weighted by molar-refractivity contribution is -0.123. The van der Waals surface area contributed by atoms with Crippen molar-refractivity contribution >= 4 is 35.2 Å². The number of alkyl carbamates (subject to hydrolysis) is 1. The summed E-state index contributed by atoms with van der Waals surface area (Å²) >= 11 is 5.90. The standard InChI is InChI=1S/C16H22ClN3O4/c1-9(2)8-24-16(23)20-13(7-14(18)21)15(22)19-12-6-11(17)5-4-10(12)3/h4-6,9,13H,7-8H2,1-3H3,(H2,18,21)(H,19,22)(H,20,23)/t13-/m0/s1. The van der Waals surface area contributed by atoms with Crippen LogP contribution in [0.1, 0.15) is 25.8 Å². The number of hydrogen-bond donors (Lipinski definition) is 3. The quantitative estimate of drug-likeness (QED) is 0.696. The van der Waals surface area contributed by atoms with Crippen molar-refractivity contribution in [1.82, 2.24) is 5.32 Å². The topological polar surface area (TPSA) is 111 Å². The van der Waals surface area contributed by atoms with Crippen LogP contribution in [0.2, 0.25) is 5.02 Å². The highest BCUT2D eigenvalue weighted by atomic mass is 35.5. The van der Waals surface area contributed by atoms with E-state index in [4.69, 9.17) is 22.1 Å². The highest BCUT2D eigenvalue weighted by molar-refractivity contribution is 6.31. The van der Waals surface area contributed by atoms with Gasteiger partial charge in [0, 0.05) is 10.7 Å². The van der Waals surface area contributed by atoms with Crippen LogP contribution in [0.5, 0.6) is 0 Å². The molecule has 0 saturated heterocycles. The number of halogens is 1. The maximum atomic E-state index is 12.4. The zero-order valence-electron chi connectivity index (χ0n) is 13.9. The Balaban J connectivity index is 2.79. The molecule has 1 rings (SSSR count). The fourth-order valence-electron chi connectivity index (χ4n) is 1.79. The smallest absolute Gasteiger partial charge is 0.407 e. The lowest BCUT2D eigenvalue weighted by atomic mass is 10.1. The van der Waals surface area contributed by atoms with Crippen LogP contribution in [0.25, 0.3) is 0 Å². The highest BCUT2D eigenvalue weighted by Gasteiger charge is 2.24. The molecule has 132 valence electrons. The second-order valence-electron chi connectivity index (χ2n) is 5.81. The lowest BCUT2D eigenvalue weighted by Crippen LogP contribution is -2.46. The molecule has 1 aromatic rings. The predicted molar refractivity (Wildman–Crippen MR) is 91.7 cm³/mol. The molecule has 4 N–H and O–H groups in total. The molecule has 7 nitrogen and oxygen atoms in total. The van der Waals surface area contributed by atoms with Gasteiger partial charge in [0.25, 0.3) is 0 Å². The first-order valence-corrected chi connectivity index (χ1v) is 7.85. The molecule has 24 heavy (non-hydrogen) atoms. The summed E-state index contributed by atoms with van der Waals surface area (Å²) in [5.41, 5.74) is 6.41. The molecule has 0 radical (unpaired) electrons. The van der Waals surface area contributed by atoms with Gasteiger partial charge in [-0.1, -0.05) is 31.5 Å². The Morgan fingerprint density at radius 3 is 2.54 bits per heavy atom. The minimum Gasteiger partial charge on any atom is -0.449 e. The van der Waals surface area contributed by atoms with Crippen LogP contribution in [-0.4, -0.2) is 30.6 Å². The number of amides is 3. The maximum Gasteiger partial charge on any atom is 0.407 e. The fraction of sp³-hybridized carbons (Fsp3) is 0.438. The van der Waals surface area contributed by atoms with Gasteiger partial charge in [-0.05, 0) is 30.5 Å². The van der Waals surface area contributed by atoms with Gasteiger partial charge < -0.3 is 21.1 Å². The largest absolute Gasteiger partial charge is 0.449 e. The van der Waals surface area contributed by atoms with Crippen LogP contribution in [0.15, 0.2) is 18.2 Å². The number of ether oxygens (including phenoxy) is 1. The summed E-state index contributed by atoms with van der Waals surface area (Å²) in [5.74, 6) is -1.16. The third kappa shape index (κ3) is 6.87. The first-order valence-electron chi connectivity index (χ1n) is 7.47. The van der Waals surface area contributed by atoms with Crippen LogP contribution >= 0.6 is 11.6 Å². The molecule has 0 unspecified atom stereocenters. The third-order valence-electron chi connectivity index (χ3n) is 3.02. The van der Waals surface area contributed by atoms with E-state index in [-0.39, 0.29) is 18.9 Å². The second kappa shape index (κ2) is 9.12. The number of nitrogens with two attached hydrogens (primary N) is 1. The molecular weight excluding hydrogens is 334 g/mol. The summed E-state index contributed by atoms with van der Waals surface area (Å²) in [6.07, 6.45) is -1.13. The average molecular weight is 356 g/mol. The van der Waals surface area contributed by atoms with Crippen LogP contribution in [0, 0.1) is 12.8 Å². The van der Waals surface area contributed by atoms with E-state index in [1.54, 1.807) is 25.1 Å². The van der Waals surface area contributed by atoms with Crippen LogP contribution in [-0.2, 0) is 14.3 Å². The molecule has 1 aromatic carbocycles. The van der Waals surface area contributed by atoms with Crippen molar-refractivity contribution in [3.8, 4) is 0 Å². The summed E-state index contributed by atoms with van der Waals surface area (Å²) in [6.45, 7) is 5.75. The van der Waals surface area contributed by atoms with Gasteiger partial charge in [-0.2, -0.15) is 0 Å². The van der Waals surface area contributed by atoms with Gasteiger partial charge in [0.1, 0.15) is 6.04 Å². The van der Waals surface area contributed by atoms with E-state index in [2.05, 4.69) is 10.6 Å². The number of benzene rings is 1. The average Bonchev–Trinajstić information content (AvgIpc) is 2.47. The molecule has 0 bridgehead atoms. The summed E-state index contributed by atoms with van der Waals surface area (Å²) in [6, 6.07) is 3.87. The molecule has 0 aliphatic heterocycles. The molecule has 3 amide bonds. The van der Waals surface area contributed by atoms with Gasteiger partial charge in [0.05, 0.1) is 13.0 Å². The molecular formula is C16H22ClN3O4. The van der Waals surface area contributed by atoms with E-state index in [0.717, 1.165) is 5.56 Å². The molecule has 1 atom stereocenters. The number of carbonyl (C=O) groups excluding carboxylic acids is 3. The number of rotatable bonds is 7. The van der Waals surface area contributed by atoms with Gasteiger partial charge in [0.15, 0.2) is 0 Å². The number of hydrogen-bond acceptors (Lipinski definition) is 4. The van der Waals surface area contributed by atoms with E-state index >= 15 is 0 Å². The Bertz CT molecular complexity index is 619. The SMILES string of the molecule is Cc1ccc(Cl)cc1NC(=O)[C@H](CC(N)=O)NC(=O)OCC(C)C.